The van der Waals surface area contributed by atoms with Crippen LogP contribution in [-0.2, 0) is 27.2 Å². The number of nitrogens with zero attached hydrogens (tertiary/aromatic N) is 2. The second-order valence-electron chi connectivity index (χ2n) is 9.75. The third-order valence-corrected chi connectivity index (χ3v) is 6.40. The molecule has 0 spiro atoms. The first kappa shape index (κ1) is 30.1. The molecular formula is C18H44N2O8P2+2. The highest BCUT2D eigenvalue weighted by atomic mass is 31.2. The van der Waals surface area contributed by atoms with E-state index in [0.717, 1.165) is 0 Å². The summed E-state index contributed by atoms with van der Waals surface area (Å²) in [6.07, 6.45) is 1.67. The van der Waals surface area contributed by atoms with Gasteiger partial charge in [-0.3, -0.25) is 18.1 Å². The summed E-state index contributed by atoms with van der Waals surface area (Å²) in [4.78, 5) is 19.6. The Kier molecular flexibility index (Phi) is 13.1. The van der Waals surface area contributed by atoms with Crippen LogP contribution < -0.4 is 0 Å². The summed E-state index contributed by atoms with van der Waals surface area (Å²) < 4.78 is 45.5. The van der Waals surface area contributed by atoms with Crippen LogP contribution >= 0.6 is 15.6 Å². The Bertz CT molecular complexity index is 528. The summed E-state index contributed by atoms with van der Waals surface area (Å²) in [5, 5.41) is 0. The quantitative estimate of drug-likeness (QED) is 0.186. The van der Waals surface area contributed by atoms with E-state index in [1.807, 2.05) is 42.3 Å². The number of likely N-dealkylation sites (N-methyl/N-ethyl adjacent to an activating group) is 2. The molecule has 182 valence electrons. The maximum absolute atomic E-state index is 12.0. The average Bonchev–Trinajstić information content (AvgIpc) is 2.47. The van der Waals surface area contributed by atoms with Crippen molar-refractivity contribution in [2.24, 2.45) is 0 Å². The van der Waals surface area contributed by atoms with E-state index < -0.39 is 27.9 Å². The van der Waals surface area contributed by atoms with E-state index in [1.165, 1.54) is 0 Å². The zero-order chi connectivity index (χ0) is 23.6. The highest BCUT2D eigenvalue weighted by molar-refractivity contribution is 7.47. The van der Waals surface area contributed by atoms with Gasteiger partial charge in [0.1, 0.15) is 26.3 Å². The van der Waals surface area contributed by atoms with E-state index >= 15 is 0 Å². The predicted molar refractivity (Wildman–Crippen MR) is 117 cm³/mol. The Morgan fingerprint density at radius 1 is 0.700 bits per heavy atom. The molecule has 0 rings (SSSR count). The number of unbranched alkanes of at least 4 members (excludes halogenated alkanes) is 1. The standard InChI is InChI=1S/C18H42N2O8P2/c1-17(27-29(21,22)25-15-13-19(3,4)5)11-9-10-12-18(2)28-30(23,24)26-16-14-20(6,7)8/h17-18H,9-16H2,1-8H3/p+2/t17-,18+. The molecule has 4 atom stereocenters. The maximum Gasteiger partial charge on any atom is 0.472 e. The highest BCUT2D eigenvalue weighted by Gasteiger charge is 2.27. The van der Waals surface area contributed by atoms with Gasteiger partial charge in [0.25, 0.3) is 0 Å². The minimum Gasteiger partial charge on any atom is -0.329 e. The lowest BCUT2D eigenvalue weighted by molar-refractivity contribution is -0.870. The van der Waals surface area contributed by atoms with Gasteiger partial charge in [0.05, 0.1) is 54.5 Å². The molecule has 0 aromatic rings. The second-order valence-corrected chi connectivity index (χ2v) is 12.6. The van der Waals surface area contributed by atoms with Crippen molar-refractivity contribution in [1.82, 2.24) is 0 Å². The Morgan fingerprint density at radius 2 is 1.00 bits per heavy atom. The molecule has 12 heteroatoms. The van der Waals surface area contributed by atoms with E-state index in [4.69, 9.17) is 18.1 Å². The van der Waals surface area contributed by atoms with Gasteiger partial charge >= 0.3 is 15.6 Å². The summed E-state index contributed by atoms with van der Waals surface area (Å²) in [5.74, 6) is 0. The van der Waals surface area contributed by atoms with Crippen LogP contribution in [0.25, 0.3) is 0 Å². The Labute approximate surface area is 182 Å². The van der Waals surface area contributed by atoms with Crippen molar-refractivity contribution >= 4 is 15.6 Å². The van der Waals surface area contributed by atoms with Gasteiger partial charge < -0.3 is 18.8 Å². The van der Waals surface area contributed by atoms with Crippen molar-refractivity contribution in [3.63, 3.8) is 0 Å². The van der Waals surface area contributed by atoms with Crippen LogP contribution in [0.2, 0.25) is 0 Å². The lowest BCUT2D eigenvalue weighted by Gasteiger charge is -2.25. The highest BCUT2D eigenvalue weighted by Crippen LogP contribution is 2.46. The van der Waals surface area contributed by atoms with Crippen LogP contribution in [0.5, 0.6) is 0 Å². The SMILES string of the molecule is C[C@H](CCCC[C@H](C)OP(=O)(O)OCC[N+](C)(C)C)OP(=O)(O)OCC[N+](C)(C)C. The molecule has 2 unspecified atom stereocenters. The minimum atomic E-state index is -4.08. The average molecular weight is 479 g/mol. The van der Waals surface area contributed by atoms with Crippen molar-refractivity contribution in [2.75, 3.05) is 68.6 Å². The van der Waals surface area contributed by atoms with Gasteiger partial charge in [-0.1, -0.05) is 12.8 Å². The van der Waals surface area contributed by atoms with E-state index in [2.05, 4.69) is 0 Å². The maximum atomic E-state index is 12.0. The van der Waals surface area contributed by atoms with Crippen LogP contribution in [-0.4, -0.2) is 99.6 Å². The molecule has 0 radical (unpaired) electrons. The Hall–Kier alpha value is 0.140. The molecule has 0 aromatic carbocycles. The molecule has 0 aliphatic carbocycles. The molecule has 0 saturated heterocycles. The van der Waals surface area contributed by atoms with Crippen LogP contribution in [0.3, 0.4) is 0 Å². The van der Waals surface area contributed by atoms with Crippen molar-refractivity contribution in [3.8, 4) is 0 Å². The molecule has 0 amide bonds. The van der Waals surface area contributed by atoms with Gasteiger partial charge in [0.2, 0.25) is 0 Å². The smallest absolute Gasteiger partial charge is 0.329 e. The van der Waals surface area contributed by atoms with E-state index in [9.17, 15) is 18.9 Å². The van der Waals surface area contributed by atoms with Crippen molar-refractivity contribution < 1.29 is 46.0 Å². The molecule has 0 aromatic heterocycles. The van der Waals surface area contributed by atoms with Gasteiger partial charge in [0, 0.05) is 0 Å². The fourth-order valence-corrected chi connectivity index (χ4v) is 4.21. The summed E-state index contributed by atoms with van der Waals surface area (Å²) >= 11 is 0. The van der Waals surface area contributed by atoms with Gasteiger partial charge in [-0.2, -0.15) is 0 Å². The van der Waals surface area contributed by atoms with Crippen LogP contribution in [0.4, 0.5) is 0 Å². The summed E-state index contributed by atoms with van der Waals surface area (Å²) in [5.41, 5.74) is 0. The van der Waals surface area contributed by atoms with Crippen LogP contribution in [0.15, 0.2) is 0 Å². The van der Waals surface area contributed by atoms with Gasteiger partial charge in [-0.25, -0.2) is 9.13 Å². The van der Waals surface area contributed by atoms with E-state index in [0.29, 0.717) is 47.7 Å². The van der Waals surface area contributed by atoms with Gasteiger partial charge in [-0.05, 0) is 26.7 Å². The summed E-state index contributed by atoms with van der Waals surface area (Å²) in [6.45, 7) is 4.89. The molecular weight excluding hydrogens is 434 g/mol. The first-order chi connectivity index (χ1) is 13.4. The predicted octanol–water partition coefficient (Wildman–Crippen LogP) is 3.00. The molecule has 30 heavy (non-hydrogen) atoms. The van der Waals surface area contributed by atoms with Crippen molar-refractivity contribution in [3.05, 3.63) is 0 Å². The summed E-state index contributed by atoms with van der Waals surface area (Å²) in [6, 6.07) is 0. The number of phosphoric acid groups is 2. The number of hydrogen-bond acceptors (Lipinski definition) is 6. The summed E-state index contributed by atoms with van der Waals surface area (Å²) in [7, 11) is 3.64. The second kappa shape index (κ2) is 13.0. The van der Waals surface area contributed by atoms with Crippen molar-refractivity contribution in [2.45, 2.75) is 51.7 Å². The van der Waals surface area contributed by atoms with Crippen LogP contribution in [0.1, 0.15) is 39.5 Å². The lowest BCUT2D eigenvalue weighted by atomic mass is 10.1. The third kappa shape index (κ3) is 18.9. The number of phosphoric ester groups is 2. The zero-order valence-corrected chi connectivity index (χ0v) is 21.7. The molecule has 0 saturated carbocycles. The number of rotatable bonds is 17. The molecule has 0 bridgehead atoms. The monoisotopic (exact) mass is 478 g/mol. The number of hydrogen-bond donors (Lipinski definition) is 2. The molecule has 0 heterocycles. The normalized spacial score (nSPS) is 19.1. The van der Waals surface area contributed by atoms with Gasteiger partial charge in [0.15, 0.2) is 0 Å². The topological polar surface area (TPSA) is 112 Å². The van der Waals surface area contributed by atoms with Gasteiger partial charge in [-0.15, -0.1) is 0 Å². The molecule has 10 nitrogen and oxygen atoms in total. The minimum absolute atomic E-state index is 0.136. The first-order valence-corrected chi connectivity index (χ1v) is 13.3. The Balaban J connectivity index is 4.06. The van der Waals surface area contributed by atoms with E-state index in [-0.39, 0.29) is 13.2 Å². The first-order valence-electron chi connectivity index (χ1n) is 10.3. The molecule has 0 aliphatic rings. The fourth-order valence-electron chi connectivity index (χ4n) is 2.34. The van der Waals surface area contributed by atoms with E-state index in [1.54, 1.807) is 13.8 Å². The Morgan fingerprint density at radius 3 is 1.27 bits per heavy atom. The molecule has 0 aliphatic heterocycles. The molecule has 0 fully saturated rings. The number of quaternary nitrogens is 2. The van der Waals surface area contributed by atoms with Crippen molar-refractivity contribution in [1.29, 1.82) is 0 Å². The fraction of sp³-hybridized carbons (Fsp3) is 1.00. The molecule has 2 N–H and O–H groups in total. The third-order valence-electron chi connectivity index (χ3n) is 4.13. The largest absolute Gasteiger partial charge is 0.472 e. The zero-order valence-electron chi connectivity index (χ0n) is 19.9. The van der Waals surface area contributed by atoms with Crippen LogP contribution in [0, 0.1) is 0 Å². The lowest BCUT2D eigenvalue weighted by Crippen LogP contribution is -2.37.